The summed E-state index contributed by atoms with van der Waals surface area (Å²) in [6.45, 7) is 4.02. The van der Waals surface area contributed by atoms with Crippen molar-refractivity contribution in [2.75, 3.05) is 6.54 Å². The fourth-order valence-electron chi connectivity index (χ4n) is 2.96. The SMILES string of the molecule is CCNC(=O)[C@H](C)NC(=O)Cc1cn(-c2ccccc2)nc1-c1ccc(Cl)cc1. The molecule has 0 aliphatic rings. The van der Waals surface area contributed by atoms with Crippen molar-refractivity contribution in [3.8, 4) is 16.9 Å². The summed E-state index contributed by atoms with van der Waals surface area (Å²) in [7, 11) is 0. The number of aromatic nitrogens is 2. The van der Waals surface area contributed by atoms with Crippen LogP contribution >= 0.6 is 11.6 Å². The van der Waals surface area contributed by atoms with Crippen LogP contribution in [0.4, 0.5) is 0 Å². The first kappa shape index (κ1) is 20.6. The summed E-state index contributed by atoms with van der Waals surface area (Å²) < 4.78 is 1.75. The Balaban J connectivity index is 1.88. The van der Waals surface area contributed by atoms with Gasteiger partial charge in [-0.3, -0.25) is 9.59 Å². The van der Waals surface area contributed by atoms with Gasteiger partial charge in [0.25, 0.3) is 0 Å². The molecule has 1 atom stereocenters. The Morgan fingerprint density at radius 1 is 1.10 bits per heavy atom. The van der Waals surface area contributed by atoms with Gasteiger partial charge in [0, 0.05) is 28.9 Å². The van der Waals surface area contributed by atoms with E-state index in [9.17, 15) is 9.59 Å². The number of carbonyl (C=O) groups excluding carboxylic acids is 2. The minimum atomic E-state index is -0.606. The molecule has 0 fully saturated rings. The van der Waals surface area contributed by atoms with Crippen molar-refractivity contribution < 1.29 is 9.59 Å². The highest BCUT2D eigenvalue weighted by molar-refractivity contribution is 6.30. The normalized spacial score (nSPS) is 11.7. The number of rotatable bonds is 7. The first-order valence-electron chi connectivity index (χ1n) is 9.45. The van der Waals surface area contributed by atoms with Crippen LogP contribution in [0.25, 0.3) is 16.9 Å². The molecule has 0 saturated carbocycles. The van der Waals surface area contributed by atoms with Crippen LogP contribution in [0.2, 0.25) is 5.02 Å². The minimum absolute atomic E-state index is 0.106. The van der Waals surface area contributed by atoms with Gasteiger partial charge in [0.2, 0.25) is 11.8 Å². The van der Waals surface area contributed by atoms with E-state index in [1.807, 2.05) is 55.6 Å². The standard InChI is InChI=1S/C22H23ClN4O2/c1-3-24-22(29)15(2)25-20(28)13-17-14-27(19-7-5-4-6-8-19)26-21(17)16-9-11-18(23)12-10-16/h4-12,14-15H,3,13H2,1-2H3,(H,24,29)(H,25,28)/t15-/m0/s1. The third kappa shape index (κ3) is 5.23. The van der Waals surface area contributed by atoms with E-state index >= 15 is 0 Å². The van der Waals surface area contributed by atoms with Crippen molar-refractivity contribution >= 4 is 23.4 Å². The first-order valence-corrected chi connectivity index (χ1v) is 9.82. The van der Waals surface area contributed by atoms with E-state index in [2.05, 4.69) is 10.6 Å². The molecule has 0 saturated heterocycles. The quantitative estimate of drug-likeness (QED) is 0.627. The smallest absolute Gasteiger partial charge is 0.242 e. The Kier molecular flexibility index (Phi) is 6.67. The number of hydrogen-bond donors (Lipinski definition) is 2. The molecular formula is C22H23ClN4O2. The maximum atomic E-state index is 12.6. The molecule has 3 aromatic rings. The second-order valence-corrected chi connectivity index (χ2v) is 7.09. The van der Waals surface area contributed by atoms with E-state index in [0.29, 0.717) is 17.3 Å². The van der Waals surface area contributed by atoms with Gasteiger partial charge in [-0.2, -0.15) is 5.10 Å². The van der Waals surface area contributed by atoms with E-state index < -0.39 is 6.04 Å². The monoisotopic (exact) mass is 410 g/mol. The summed E-state index contributed by atoms with van der Waals surface area (Å²) in [6, 6.07) is 16.4. The van der Waals surface area contributed by atoms with Crippen LogP contribution in [0.5, 0.6) is 0 Å². The van der Waals surface area contributed by atoms with Gasteiger partial charge in [-0.05, 0) is 38.1 Å². The van der Waals surface area contributed by atoms with Crippen LogP contribution in [0.15, 0.2) is 60.8 Å². The summed E-state index contributed by atoms with van der Waals surface area (Å²) in [4.78, 5) is 24.5. The molecule has 0 radical (unpaired) electrons. The maximum absolute atomic E-state index is 12.6. The van der Waals surface area contributed by atoms with Gasteiger partial charge >= 0.3 is 0 Å². The van der Waals surface area contributed by atoms with Crippen molar-refractivity contribution in [3.05, 3.63) is 71.4 Å². The van der Waals surface area contributed by atoms with Crippen LogP contribution in [0.3, 0.4) is 0 Å². The topological polar surface area (TPSA) is 76.0 Å². The Hall–Kier alpha value is -3.12. The lowest BCUT2D eigenvalue weighted by molar-refractivity contribution is -0.128. The van der Waals surface area contributed by atoms with Gasteiger partial charge in [0.15, 0.2) is 0 Å². The molecule has 1 heterocycles. The van der Waals surface area contributed by atoms with Crippen molar-refractivity contribution in [2.24, 2.45) is 0 Å². The fourth-order valence-corrected chi connectivity index (χ4v) is 3.09. The number of para-hydroxylation sites is 1. The largest absolute Gasteiger partial charge is 0.355 e. The van der Waals surface area contributed by atoms with Crippen molar-refractivity contribution in [1.82, 2.24) is 20.4 Å². The van der Waals surface area contributed by atoms with Gasteiger partial charge < -0.3 is 10.6 Å². The van der Waals surface area contributed by atoms with Crippen LogP contribution in [-0.2, 0) is 16.0 Å². The fraction of sp³-hybridized carbons (Fsp3) is 0.227. The molecular weight excluding hydrogens is 388 g/mol. The third-order valence-electron chi connectivity index (χ3n) is 4.40. The predicted octanol–water partition coefficient (Wildman–Crippen LogP) is 3.38. The average molecular weight is 411 g/mol. The highest BCUT2D eigenvalue weighted by atomic mass is 35.5. The lowest BCUT2D eigenvalue weighted by Crippen LogP contribution is -2.45. The molecule has 0 aliphatic heterocycles. The maximum Gasteiger partial charge on any atom is 0.242 e. The molecule has 2 aromatic carbocycles. The van der Waals surface area contributed by atoms with E-state index in [-0.39, 0.29) is 18.2 Å². The Morgan fingerprint density at radius 3 is 2.45 bits per heavy atom. The summed E-state index contributed by atoms with van der Waals surface area (Å²) in [5, 5.41) is 10.8. The number of benzene rings is 2. The average Bonchev–Trinajstić information content (AvgIpc) is 3.13. The molecule has 0 bridgehead atoms. The number of nitrogens with one attached hydrogen (secondary N) is 2. The van der Waals surface area contributed by atoms with Crippen molar-refractivity contribution in [3.63, 3.8) is 0 Å². The minimum Gasteiger partial charge on any atom is -0.355 e. The number of halogens is 1. The number of amides is 2. The zero-order valence-electron chi connectivity index (χ0n) is 16.4. The van der Waals surface area contributed by atoms with Crippen LogP contribution in [0.1, 0.15) is 19.4 Å². The van der Waals surface area contributed by atoms with Crippen LogP contribution in [0, 0.1) is 0 Å². The highest BCUT2D eigenvalue weighted by Gasteiger charge is 2.19. The van der Waals surface area contributed by atoms with Crippen LogP contribution in [-0.4, -0.2) is 34.2 Å². The van der Waals surface area contributed by atoms with E-state index in [1.54, 1.807) is 23.7 Å². The van der Waals surface area contributed by atoms with Crippen molar-refractivity contribution in [2.45, 2.75) is 26.3 Å². The zero-order valence-corrected chi connectivity index (χ0v) is 17.1. The summed E-state index contributed by atoms with van der Waals surface area (Å²) in [5.41, 5.74) is 3.22. The number of nitrogens with zero attached hydrogens (tertiary/aromatic N) is 2. The third-order valence-corrected chi connectivity index (χ3v) is 4.65. The lowest BCUT2D eigenvalue weighted by atomic mass is 10.1. The predicted molar refractivity (Wildman–Crippen MR) is 114 cm³/mol. The molecule has 0 aliphatic carbocycles. The second kappa shape index (κ2) is 9.39. The van der Waals surface area contributed by atoms with Gasteiger partial charge in [0.1, 0.15) is 6.04 Å². The summed E-state index contributed by atoms with van der Waals surface area (Å²) >= 11 is 6.01. The highest BCUT2D eigenvalue weighted by Crippen LogP contribution is 2.25. The molecule has 2 amide bonds. The Morgan fingerprint density at radius 2 is 1.79 bits per heavy atom. The second-order valence-electron chi connectivity index (χ2n) is 6.65. The zero-order chi connectivity index (χ0) is 20.8. The molecule has 6 nitrogen and oxygen atoms in total. The van der Waals surface area contributed by atoms with Gasteiger partial charge in [-0.25, -0.2) is 4.68 Å². The summed E-state index contributed by atoms with van der Waals surface area (Å²) in [6.07, 6.45) is 1.95. The number of likely N-dealkylation sites (N-methyl/N-ethyl adjacent to an activating group) is 1. The van der Waals surface area contributed by atoms with Gasteiger partial charge in [0.05, 0.1) is 17.8 Å². The van der Waals surface area contributed by atoms with Gasteiger partial charge in [-0.15, -0.1) is 0 Å². The molecule has 2 N–H and O–H groups in total. The molecule has 1 aromatic heterocycles. The van der Waals surface area contributed by atoms with E-state index in [1.165, 1.54) is 0 Å². The summed E-state index contributed by atoms with van der Waals surface area (Å²) in [5.74, 6) is -0.453. The Labute approximate surface area is 174 Å². The van der Waals surface area contributed by atoms with E-state index in [4.69, 9.17) is 16.7 Å². The molecule has 3 rings (SSSR count). The lowest BCUT2D eigenvalue weighted by Gasteiger charge is -2.13. The molecule has 29 heavy (non-hydrogen) atoms. The Bertz CT molecular complexity index is 984. The molecule has 150 valence electrons. The van der Waals surface area contributed by atoms with E-state index in [0.717, 1.165) is 16.8 Å². The molecule has 0 unspecified atom stereocenters. The number of carbonyl (C=O) groups is 2. The van der Waals surface area contributed by atoms with Crippen LogP contribution < -0.4 is 10.6 Å². The van der Waals surface area contributed by atoms with Gasteiger partial charge in [-0.1, -0.05) is 41.9 Å². The first-order chi connectivity index (χ1) is 14.0. The molecule has 0 spiro atoms. The molecule has 7 heteroatoms. The van der Waals surface area contributed by atoms with Crippen molar-refractivity contribution in [1.29, 1.82) is 0 Å². The number of hydrogen-bond acceptors (Lipinski definition) is 3.